The normalized spacial score (nSPS) is 16.2. The molecule has 3 heterocycles. The van der Waals surface area contributed by atoms with E-state index in [1.54, 1.807) is 22.7 Å². The Morgan fingerprint density at radius 2 is 2.12 bits per heavy atom. The van der Waals surface area contributed by atoms with Crippen LogP contribution in [0, 0.1) is 5.82 Å². The maximum atomic E-state index is 13.5. The van der Waals surface area contributed by atoms with Gasteiger partial charge in [-0.2, -0.15) is 0 Å². The molecule has 0 radical (unpaired) electrons. The Morgan fingerprint density at radius 1 is 1.29 bits per heavy atom. The van der Waals surface area contributed by atoms with Crippen LogP contribution in [-0.2, 0) is 11.8 Å². The fraction of sp³-hybridized carbons (Fsp3) is 0.438. The van der Waals surface area contributed by atoms with Gasteiger partial charge < -0.3 is 14.2 Å². The van der Waals surface area contributed by atoms with Gasteiger partial charge in [0.2, 0.25) is 5.16 Å². The molecule has 0 saturated carbocycles. The highest BCUT2D eigenvalue weighted by molar-refractivity contribution is 7.99. The fourth-order valence-electron chi connectivity index (χ4n) is 3.07. The van der Waals surface area contributed by atoms with Crippen LogP contribution >= 0.6 is 11.8 Å². The number of fused-ring (bicyclic) bond motifs is 3. The van der Waals surface area contributed by atoms with Crippen LogP contribution in [0.3, 0.4) is 0 Å². The Kier molecular flexibility index (Phi) is 4.34. The zero-order valence-electron chi connectivity index (χ0n) is 13.5. The van der Waals surface area contributed by atoms with E-state index in [1.165, 1.54) is 12.1 Å². The first kappa shape index (κ1) is 15.7. The summed E-state index contributed by atoms with van der Waals surface area (Å²) in [6.07, 6.45) is 0. The van der Waals surface area contributed by atoms with Crippen LogP contribution in [0.5, 0.6) is 0 Å². The lowest BCUT2D eigenvalue weighted by Gasteiger charge is -2.23. The highest BCUT2D eigenvalue weighted by Crippen LogP contribution is 2.26. The van der Waals surface area contributed by atoms with Crippen molar-refractivity contribution in [3.05, 3.63) is 24.0 Å². The molecule has 0 amide bonds. The molecule has 2 aromatic heterocycles. The molecule has 0 aliphatic carbocycles. The van der Waals surface area contributed by atoms with Crippen molar-refractivity contribution < 1.29 is 14.0 Å². The Balaban J connectivity index is 1.54. The molecule has 8 heteroatoms. The van der Waals surface area contributed by atoms with Gasteiger partial charge in [-0.05, 0) is 18.2 Å². The number of nitrogens with one attached hydrogen (secondary N) is 1. The molecular formula is C16H19FN5OS+. The van der Waals surface area contributed by atoms with Gasteiger partial charge >= 0.3 is 0 Å². The second kappa shape index (κ2) is 6.62. The number of aromatic nitrogens is 4. The summed E-state index contributed by atoms with van der Waals surface area (Å²) >= 11 is 1.62. The molecule has 1 N–H and O–H groups in total. The number of ether oxygens (including phenoxy) is 1. The minimum atomic E-state index is -0.274. The Hall–Kier alpha value is -1.77. The number of rotatable bonds is 4. The number of hydrogen-bond acceptors (Lipinski definition) is 5. The SMILES string of the molecule is Cn1c2ccc(F)cc2c2nnc(SCC[NH+]3CCOCC3)nc21. The maximum absolute atomic E-state index is 13.5. The van der Waals surface area contributed by atoms with Crippen molar-refractivity contribution in [2.75, 3.05) is 38.6 Å². The molecule has 0 spiro atoms. The zero-order chi connectivity index (χ0) is 16.5. The second-order valence-corrected chi connectivity index (χ2v) is 7.01. The first-order valence-electron chi connectivity index (χ1n) is 8.05. The molecule has 1 fully saturated rings. The molecule has 0 unspecified atom stereocenters. The molecule has 1 saturated heterocycles. The van der Waals surface area contributed by atoms with E-state index in [-0.39, 0.29) is 5.82 Å². The number of nitrogens with zero attached hydrogens (tertiary/aromatic N) is 4. The molecule has 1 aliphatic rings. The van der Waals surface area contributed by atoms with Crippen molar-refractivity contribution in [3.8, 4) is 0 Å². The van der Waals surface area contributed by atoms with Crippen molar-refractivity contribution in [3.63, 3.8) is 0 Å². The highest BCUT2D eigenvalue weighted by atomic mass is 32.2. The number of morpholine rings is 1. The van der Waals surface area contributed by atoms with Crippen molar-refractivity contribution in [1.82, 2.24) is 19.7 Å². The van der Waals surface area contributed by atoms with Crippen molar-refractivity contribution >= 4 is 33.8 Å². The van der Waals surface area contributed by atoms with Gasteiger partial charge in [0.05, 0.1) is 31.0 Å². The van der Waals surface area contributed by atoms with Crippen LogP contribution in [0.2, 0.25) is 0 Å². The predicted molar refractivity (Wildman–Crippen MR) is 90.9 cm³/mol. The van der Waals surface area contributed by atoms with Crippen LogP contribution in [0.25, 0.3) is 22.1 Å². The lowest BCUT2D eigenvalue weighted by Crippen LogP contribution is -3.14. The molecular weight excluding hydrogens is 329 g/mol. The summed E-state index contributed by atoms with van der Waals surface area (Å²) in [5.74, 6) is 0.671. The average Bonchev–Trinajstić information content (AvgIpc) is 2.88. The van der Waals surface area contributed by atoms with Crippen molar-refractivity contribution in [1.29, 1.82) is 0 Å². The first-order chi connectivity index (χ1) is 11.7. The molecule has 6 nitrogen and oxygen atoms in total. The summed E-state index contributed by atoms with van der Waals surface area (Å²) in [6.45, 7) is 4.88. The third-order valence-corrected chi connectivity index (χ3v) is 5.27. The summed E-state index contributed by atoms with van der Waals surface area (Å²) in [5.41, 5.74) is 2.30. The smallest absolute Gasteiger partial charge is 0.211 e. The summed E-state index contributed by atoms with van der Waals surface area (Å²) in [7, 11) is 1.92. The van der Waals surface area contributed by atoms with E-state index in [0.29, 0.717) is 10.7 Å². The van der Waals surface area contributed by atoms with Gasteiger partial charge in [-0.3, -0.25) is 0 Å². The fourth-order valence-corrected chi connectivity index (χ4v) is 3.90. The van der Waals surface area contributed by atoms with Gasteiger partial charge in [0.25, 0.3) is 0 Å². The van der Waals surface area contributed by atoms with Gasteiger partial charge in [-0.15, -0.1) is 10.2 Å². The molecule has 1 aromatic carbocycles. The van der Waals surface area contributed by atoms with Gasteiger partial charge in [0.1, 0.15) is 24.4 Å². The van der Waals surface area contributed by atoms with Crippen LogP contribution in [0.15, 0.2) is 23.4 Å². The number of halogens is 1. The number of aryl methyl sites for hydroxylation is 1. The summed E-state index contributed by atoms with van der Waals surface area (Å²) in [5, 5.41) is 9.92. The lowest BCUT2D eigenvalue weighted by atomic mass is 10.2. The van der Waals surface area contributed by atoms with Crippen LogP contribution in [-0.4, -0.2) is 58.3 Å². The minimum absolute atomic E-state index is 0.274. The Labute approximate surface area is 143 Å². The van der Waals surface area contributed by atoms with Crippen LogP contribution in [0.4, 0.5) is 4.39 Å². The van der Waals surface area contributed by atoms with E-state index in [9.17, 15) is 4.39 Å². The molecule has 4 rings (SSSR count). The number of quaternary nitrogens is 1. The highest BCUT2D eigenvalue weighted by Gasteiger charge is 2.16. The van der Waals surface area contributed by atoms with Crippen LogP contribution < -0.4 is 4.90 Å². The molecule has 24 heavy (non-hydrogen) atoms. The third-order valence-electron chi connectivity index (χ3n) is 4.43. The maximum Gasteiger partial charge on any atom is 0.211 e. The van der Waals surface area contributed by atoms with Crippen molar-refractivity contribution in [2.24, 2.45) is 7.05 Å². The Bertz CT molecular complexity index is 878. The minimum Gasteiger partial charge on any atom is -0.370 e. The first-order valence-corrected chi connectivity index (χ1v) is 9.03. The Morgan fingerprint density at radius 3 is 2.96 bits per heavy atom. The second-order valence-electron chi connectivity index (χ2n) is 5.95. The van der Waals surface area contributed by atoms with Gasteiger partial charge in [0.15, 0.2) is 5.65 Å². The number of hydrogen-bond donors (Lipinski definition) is 1. The molecule has 1 aliphatic heterocycles. The van der Waals surface area contributed by atoms with Gasteiger partial charge in [0, 0.05) is 12.4 Å². The average molecular weight is 348 g/mol. The largest absolute Gasteiger partial charge is 0.370 e. The van der Waals surface area contributed by atoms with Gasteiger partial charge in [-0.1, -0.05) is 11.8 Å². The lowest BCUT2D eigenvalue weighted by molar-refractivity contribution is -0.905. The molecule has 0 atom stereocenters. The van der Waals surface area contributed by atoms with E-state index in [2.05, 4.69) is 15.2 Å². The number of benzene rings is 1. The number of thioether (sulfide) groups is 1. The van der Waals surface area contributed by atoms with Gasteiger partial charge in [-0.25, -0.2) is 9.37 Å². The van der Waals surface area contributed by atoms with Crippen molar-refractivity contribution in [2.45, 2.75) is 5.16 Å². The van der Waals surface area contributed by atoms with E-state index < -0.39 is 0 Å². The molecule has 3 aromatic rings. The monoisotopic (exact) mass is 348 g/mol. The standard InChI is InChI=1S/C16H18FN5OS/c1-21-13-3-2-11(17)10-12(13)14-15(21)18-16(20-19-14)24-9-6-22-4-7-23-8-5-22/h2-3,10H,4-9H2,1H3/p+1. The zero-order valence-corrected chi connectivity index (χ0v) is 14.3. The third kappa shape index (κ3) is 2.97. The summed E-state index contributed by atoms with van der Waals surface area (Å²) in [6, 6.07) is 4.70. The quantitative estimate of drug-likeness (QED) is 0.702. The predicted octanol–water partition coefficient (Wildman–Crippen LogP) is 0.663. The molecule has 0 bridgehead atoms. The van der Waals surface area contributed by atoms with E-state index in [0.717, 1.165) is 55.2 Å². The topological polar surface area (TPSA) is 57.3 Å². The van der Waals surface area contributed by atoms with Crippen LogP contribution in [0.1, 0.15) is 0 Å². The summed E-state index contributed by atoms with van der Waals surface area (Å²) < 4.78 is 20.8. The molecule has 126 valence electrons. The van der Waals surface area contributed by atoms with E-state index in [1.807, 2.05) is 11.6 Å². The van der Waals surface area contributed by atoms with E-state index in [4.69, 9.17) is 4.74 Å². The van der Waals surface area contributed by atoms with E-state index >= 15 is 0 Å². The summed E-state index contributed by atoms with van der Waals surface area (Å²) in [4.78, 5) is 6.18.